The zero-order valence-electron chi connectivity index (χ0n) is 12.2. The number of rotatable bonds is 5. The monoisotopic (exact) mass is 264 g/mol. The lowest BCUT2D eigenvalue weighted by Crippen LogP contribution is -2.46. The van der Waals surface area contributed by atoms with Crippen LogP contribution in [0.3, 0.4) is 0 Å². The van der Waals surface area contributed by atoms with Crippen molar-refractivity contribution in [3.63, 3.8) is 0 Å². The Morgan fingerprint density at radius 1 is 1.05 bits per heavy atom. The second-order valence-electron chi connectivity index (χ2n) is 4.87. The minimum Gasteiger partial charge on any atom is -0.497 e. The summed E-state index contributed by atoms with van der Waals surface area (Å²) in [6, 6.07) is 6.04. The highest BCUT2D eigenvalue weighted by molar-refractivity contribution is 5.61. The van der Waals surface area contributed by atoms with Crippen molar-refractivity contribution < 1.29 is 9.47 Å². The Morgan fingerprint density at radius 2 is 1.79 bits per heavy atom. The van der Waals surface area contributed by atoms with E-state index in [1.165, 1.54) is 18.7 Å². The molecule has 1 aliphatic rings. The van der Waals surface area contributed by atoms with E-state index in [0.717, 1.165) is 37.7 Å². The lowest BCUT2D eigenvalue weighted by molar-refractivity contribution is 0.257. The summed E-state index contributed by atoms with van der Waals surface area (Å²) in [5, 5.41) is 0. The molecule has 2 rings (SSSR count). The highest BCUT2D eigenvalue weighted by atomic mass is 16.5. The van der Waals surface area contributed by atoms with Crippen molar-refractivity contribution in [2.75, 3.05) is 51.8 Å². The van der Waals surface area contributed by atoms with E-state index in [9.17, 15) is 0 Å². The van der Waals surface area contributed by atoms with Crippen molar-refractivity contribution in [2.45, 2.75) is 13.3 Å². The smallest absolute Gasteiger partial charge is 0.145 e. The lowest BCUT2D eigenvalue weighted by Gasteiger charge is -2.36. The third-order valence-electron chi connectivity index (χ3n) is 3.64. The van der Waals surface area contributed by atoms with Gasteiger partial charge in [-0.25, -0.2) is 0 Å². The molecule has 0 N–H and O–H groups in total. The number of benzene rings is 1. The molecule has 0 unspecified atom stereocenters. The summed E-state index contributed by atoms with van der Waals surface area (Å²) < 4.78 is 10.7. The summed E-state index contributed by atoms with van der Waals surface area (Å²) in [6.07, 6.45) is 1.23. The molecule has 1 saturated heterocycles. The van der Waals surface area contributed by atoms with Crippen LogP contribution >= 0.6 is 0 Å². The minimum atomic E-state index is 0.838. The first-order valence-corrected chi connectivity index (χ1v) is 6.97. The maximum Gasteiger partial charge on any atom is 0.145 e. The average molecular weight is 264 g/mol. The third-order valence-corrected chi connectivity index (χ3v) is 3.64. The molecule has 4 heteroatoms. The number of nitrogens with zero attached hydrogens (tertiary/aromatic N) is 2. The van der Waals surface area contributed by atoms with Crippen LogP contribution in [0.1, 0.15) is 13.3 Å². The van der Waals surface area contributed by atoms with Gasteiger partial charge in [-0.2, -0.15) is 0 Å². The summed E-state index contributed by atoms with van der Waals surface area (Å²) in [6.45, 7) is 7.81. The van der Waals surface area contributed by atoms with Gasteiger partial charge in [0.15, 0.2) is 0 Å². The van der Waals surface area contributed by atoms with E-state index in [1.807, 2.05) is 12.1 Å². The van der Waals surface area contributed by atoms with Crippen LogP contribution in [0.4, 0.5) is 5.69 Å². The van der Waals surface area contributed by atoms with Gasteiger partial charge in [0.1, 0.15) is 11.5 Å². The van der Waals surface area contributed by atoms with Crippen LogP contribution in [0.5, 0.6) is 11.5 Å². The van der Waals surface area contributed by atoms with Crippen LogP contribution in [0.25, 0.3) is 0 Å². The van der Waals surface area contributed by atoms with E-state index in [1.54, 1.807) is 14.2 Å². The Balaban J connectivity index is 2.06. The zero-order valence-corrected chi connectivity index (χ0v) is 12.2. The van der Waals surface area contributed by atoms with Gasteiger partial charge < -0.3 is 14.4 Å². The van der Waals surface area contributed by atoms with Gasteiger partial charge >= 0.3 is 0 Å². The van der Waals surface area contributed by atoms with Crippen molar-refractivity contribution in [1.82, 2.24) is 4.90 Å². The number of hydrogen-bond donors (Lipinski definition) is 0. The standard InChI is InChI=1S/C15H24N2O2/c1-4-7-16-8-10-17(11-9-16)14-6-5-13(18-2)12-15(14)19-3/h5-6,12H,4,7-11H2,1-3H3. The number of hydrogen-bond acceptors (Lipinski definition) is 4. The van der Waals surface area contributed by atoms with E-state index >= 15 is 0 Å². The number of ether oxygens (including phenoxy) is 2. The molecule has 1 heterocycles. The third kappa shape index (κ3) is 3.32. The van der Waals surface area contributed by atoms with Crippen molar-refractivity contribution >= 4 is 5.69 Å². The van der Waals surface area contributed by atoms with E-state index in [-0.39, 0.29) is 0 Å². The molecule has 1 aromatic carbocycles. The fourth-order valence-electron chi connectivity index (χ4n) is 2.57. The van der Waals surface area contributed by atoms with Crippen molar-refractivity contribution in [2.24, 2.45) is 0 Å². The SMILES string of the molecule is CCCN1CCN(c2ccc(OC)cc2OC)CC1. The first kappa shape index (κ1) is 14.0. The molecule has 0 aliphatic carbocycles. The second-order valence-corrected chi connectivity index (χ2v) is 4.87. The minimum absolute atomic E-state index is 0.838. The van der Waals surface area contributed by atoms with Crippen LogP contribution in [-0.4, -0.2) is 51.8 Å². The maximum atomic E-state index is 5.48. The van der Waals surface area contributed by atoms with Gasteiger partial charge in [-0.3, -0.25) is 4.90 Å². The summed E-state index contributed by atoms with van der Waals surface area (Å²) in [5.74, 6) is 1.73. The fraction of sp³-hybridized carbons (Fsp3) is 0.600. The Kier molecular flexibility index (Phi) is 4.91. The van der Waals surface area contributed by atoms with Gasteiger partial charge in [-0.1, -0.05) is 6.92 Å². The molecule has 0 aromatic heterocycles. The molecule has 1 aliphatic heterocycles. The predicted molar refractivity (Wildman–Crippen MR) is 78.5 cm³/mol. The molecule has 4 nitrogen and oxygen atoms in total. The Bertz CT molecular complexity index is 401. The van der Waals surface area contributed by atoms with E-state index in [2.05, 4.69) is 22.8 Å². The van der Waals surface area contributed by atoms with Crippen LogP contribution in [0.15, 0.2) is 18.2 Å². The van der Waals surface area contributed by atoms with Crippen molar-refractivity contribution in [3.8, 4) is 11.5 Å². The van der Waals surface area contributed by atoms with Gasteiger partial charge in [0.25, 0.3) is 0 Å². The van der Waals surface area contributed by atoms with Gasteiger partial charge in [-0.15, -0.1) is 0 Å². The molecule has 0 radical (unpaired) electrons. The summed E-state index contributed by atoms with van der Waals surface area (Å²) in [4.78, 5) is 4.91. The van der Waals surface area contributed by atoms with Gasteiger partial charge in [0.05, 0.1) is 19.9 Å². The molecule has 0 saturated carbocycles. The molecule has 19 heavy (non-hydrogen) atoms. The highest BCUT2D eigenvalue weighted by Gasteiger charge is 2.19. The summed E-state index contributed by atoms with van der Waals surface area (Å²) in [5.41, 5.74) is 1.17. The molecular weight excluding hydrogens is 240 g/mol. The number of anilines is 1. The highest BCUT2D eigenvalue weighted by Crippen LogP contribution is 2.32. The molecular formula is C15H24N2O2. The van der Waals surface area contributed by atoms with Gasteiger partial charge in [0, 0.05) is 32.2 Å². The fourth-order valence-corrected chi connectivity index (χ4v) is 2.57. The lowest BCUT2D eigenvalue weighted by atomic mass is 10.2. The Morgan fingerprint density at radius 3 is 2.37 bits per heavy atom. The van der Waals surface area contributed by atoms with Crippen molar-refractivity contribution in [1.29, 1.82) is 0 Å². The van der Waals surface area contributed by atoms with Crippen molar-refractivity contribution in [3.05, 3.63) is 18.2 Å². The van der Waals surface area contributed by atoms with Gasteiger partial charge in [-0.05, 0) is 25.1 Å². The summed E-state index contributed by atoms with van der Waals surface area (Å²) >= 11 is 0. The van der Waals surface area contributed by atoms with Crippen LogP contribution < -0.4 is 14.4 Å². The topological polar surface area (TPSA) is 24.9 Å². The first-order valence-electron chi connectivity index (χ1n) is 6.97. The summed E-state index contributed by atoms with van der Waals surface area (Å²) in [7, 11) is 3.39. The maximum absolute atomic E-state index is 5.48. The van der Waals surface area contributed by atoms with E-state index in [0.29, 0.717) is 0 Å². The second kappa shape index (κ2) is 6.66. The normalized spacial score (nSPS) is 16.5. The van der Waals surface area contributed by atoms with E-state index in [4.69, 9.17) is 9.47 Å². The number of piperazine rings is 1. The molecule has 0 bridgehead atoms. The molecule has 0 spiro atoms. The zero-order chi connectivity index (χ0) is 13.7. The Labute approximate surface area is 115 Å². The van der Waals surface area contributed by atoms with Gasteiger partial charge in [0.2, 0.25) is 0 Å². The predicted octanol–water partition coefficient (Wildman–Crippen LogP) is 2.24. The largest absolute Gasteiger partial charge is 0.497 e. The number of methoxy groups -OCH3 is 2. The van der Waals surface area contributed by atoms with Crippen LogP contribution in [0, 0.1) is 0 Å². The molecule has 1 aromatic rings. The van der Waals surface area contributed by atoms with Crippen LogP contribution in [-0.2, 0) is 0 Å². The Hall–Kier alpha value is -1.42. The van der Waals surface area contributed by atoms with Crippen LogP contribution in [0.2, 0.25) is 0 Å². The molecule has 1 fully saturated rings. The quantitative estimate of drug-likeness (QED) is 0.814. The first-order chi connectivity index (χ1) is 9.28. The molecule has 0 amide bonds. The molecule has 106 valence electrons. The van der Waals surface area contributed by atoms with E-state index < -0.39 is 0 Å². The average Bonchev–Trinajstić information content (AvgIpc) is 2.48. The molecule has 0 atom stereocenters.